The van der Waals surface area contributed by atoms with Gasteiger partial charge in [-0.1, -0.05) is 19.8 Å². The number of ether oxygens (including phenoxy) is 1. The SMILES string of the molecule is CCCCCOC[C@H](N)C(=O)O. The summed E-state index contributed by atoms with van der Waals surface area (Å²) < 4.78 is 5.05. The molecule has 1 atom stereocenters. The molecule has 0 saturated carbocycles. The van der Waals surface area contributed by atoms with Gasteiger partial charge in [-0.05, 0) is 6.42 Å². The first-order valence-electron chi connectivity index (χ1n) is 4.24. The summed E-state index contributed by atoms with van der Waals surface area (Å²) in [6, 6.07) is -0.883. The van der Waals surface area contributed by atoms with Crippen molar-refractivity contribution in [2.75, 3.05) is 13.2 Å². The van der Waals surface area contributed by atoms with Gasteiger partial charge in [0.1, 0.15) is 6.04 Å². The zero-order valence-electron chi connectivity index (χ0n) is 7.45. The van der Waals surface area contributed by atoms with Crippen LogP contribution < -0.4 is 5.73 Å². The van der Waals surface area contributed by atoms with E-state index in [4.69, 9.17) is 15.6 Å². The highest BCUT2D eigenvalue weighted by Crippen LogP contribution is 1.94. The van der Waals surface area contributed by atoms with Crippen LogP contribution in [-0.4, -0.2) is 30.3 Å². The molecule has 4 nitrogen and oxygen atoms in total. The van der Waals surface area contributed by atoms with Crippen molar-refractivity contribution in [2.24, 2.45) is 5.73 Å². The molecule has 0 aliphatic heterocycles. The van der Waals surface area contributed by atoms with Crippen molar-refractivity contribution < 1.29 is 14.6 Å². The van der Waals surface area contributed by atoms with Crippen molar-refractivity contribution in [1.82, 2.24) is 0 Å². The fraction of sp³-hybridized carbons (Fsp3) is 0.875. The summed E-state index contributed by atoms with van der Waals surface area (Å²) >= 11 is 0. The van der Waals surface area contributed by atoms with Crippen LogP contribution in [-0.2, 0) is 9.53 Å². The molecule has 0 heterocycles. The lowest BCUT2D eigenvalue weighted by molar-refractivity contribution is -0.140. The Morgan fingerprint density at radius 3 is 2.75 bits per heavy atom. The summed E-state index contributed by atoms with van der Waals surface area (Å²) in [5.41, 5.74) is 5.21. The fourth-order valence-electron chi connectivity index (χ4n) is 0.736. The number of aliphatic carboxylic acids is 1. The Bertz CT molecular complexity index is 127. The van der Waals surface area contributed by atoms with Crippen LogP contribution in [0.15, 0.2) is 0 Å². The maximum Gasteiger partial charge on any atom is 0.322 e. The molecule has 72 valence electrons. The van der Waals surface area contributed by atoms with E-state index < -0.39 is 12.0 Å². The molecule has 0 aliphatic rings. The van der Waals surface area contributed by atoms with Crippen molar-refractivity contribution in [3.05, 3.63) is 0 Å². The van der Waals surface area contributed by atoms with Crippen LogP contribution >= 0.6 is 0 Å². The molecule has 0 radical (unpaired) electrons. The fourth-order valence-corrected chi connectivity index (χ4v) is 0.736. The summed E-state index contributed by atoms with van der Waals surface area (Å²) in [5.74, 6) is -1.01. The lowest BCUT2D eigenvalue weighted by Crippen LogP contribution is -2.34. The number of carboxylic acids is 1. The van der Waals surface area contributed by atoms with Gasteiger partial charge in [0.05, 0.1) is 6.61 Å². The van der Waals surface area contributed by atoms with Crippen molar-refractivity contribution in [1.29, 1.82) is 0 Å². The topological polar surface area (TPSA) is 72.5 Å². The van der Waals surface area contributed by atoms with E-state index in [2.05, 4.69) is 6.92 Å². The van der Waals surface area contributed by atoms with Crippen molar-refractivity contribution in [3.63, 3.8) is 0 Å². The normalized spacial score (nSPS) is 12.8. The second-order valence-electron chi connectivity index (χ2n) is 2.73. The Morgan fingerprint density at radius 1 is 1.58 bits per heavy atom. The predicted molar refractivity (Wildman–Crippen MR) is 46.0 cm³/mol. The van der Waals surface area contributed by atoms with Gasteiger partial charge in [0.2, 0.25) is 0 Å². The van der Waals surface area contributed by atoms with Gasteiger partial charge in [-0.3, -0.25) is 4.79 Å². The van der Waals surface area contributed by atoms with Crippen LogP contribution in [0.2, 0.25) is 0 Å². The maximum atomic E-state index is 10.2. The summed E-state index contributed by atoms with van der Waals surface area (Å²) in [6.45, 7) is 2.82. The van der Waals surface area contributed by atoms with Gasteiger partial charge in [0, 0.05) is 6.61 Å². The van der Waals surface area contributed by atoms with Gasteiger partial charge in [0.25, 0.3) is 0 Å². The molecule has 0 fully saturated rings. The minimum atomic E-state index is -1.01. The number of hydrogen-bond donors (Lipinski definition) is 2. The Kier molecular flexibility index (Phi) is 6.70. The first-order chi connectivity index (χ1) is 5.68. The van der Waals surface area contributed by atoms with Gasteiger partial charge < -0.3 is 15.6 Å². The smallest absolute Gasteiger partial charge is 0.322 e. The third-order valence-electron chi connectivity index (χ3n) is 1.51. The van der Waals surface area contributed by atoms with Crippen LogP contribution in [0.1, 0.15) is 26.2 Å². The van der Waals surface area contributed by atoms with Crippen LogP contribution in [0.5, 0.6) is 0 Å². The molecule has 0 aromatic carbocycles. The molecular weight excluding hydrogens is 158 g/mol. The minimum absolute atomic E-state index is 0.110. The predicted octanol–water partition coefficient (Wildman–Crippen LogP) is 0.605. The molecule has 0 bridgehead atoms. The first-order valence-corrected chi connectivity index (χ1v) is 4.24. The van der Waals surface area contributed by atoms with Gasteiger partial charge in [-0.15, -0.1) is 0 Å². The Labute approximate surface area is 72.7 Å². The van der Waals surface area contributed by atoms with Crippen LogP contribution in [0.4, 0.5) is 0 Å². The van der Waals surface area contributed by atoms with E-state index in [1.807, 2.05) is 0 Å². The molecule has 0 amide bonds. The summed E-state index contributed by atoms with van der Waals surface area (Å²) in [7, 11) is 0. The van der Waals surface area contributed by atoms with E-state index in [0.717, 1.165) is 19.3 Å². The molecule has 0 aromatic heterocycles. The second kappa shape index (κ2) is 7.06. The van der Waals surface area contributed by atoms with Gasteiger partial charge in [-0.25, -0.2) is 0 Å². The molecule has 0 rings (SSSR count). The zero-order valence-corrected chi connectivity index (χ0v) is 7.45. The highest BCUT2D eigenvalue weighted by atomic mass is 16.5. The van der Waals surface area contributed by atoms with Crippen LogP contribution in [0.25, 0.3) is 0 Å². The molecule has 12 heavy (non-hydrogen) atoms. The molecule has 0 spiro atoms. The average molecular weight is 175 g/mol. The Morgan fingerprint density at radius 2 is 2.25 bits per heavy atom. The quantitative estimate of drug-likeness (QED) is 0.556. The molecule has 0 aromatic rings. The highest BCUT2D eigenvalue weighted by Gasteiger charge is 2.10. The van der Waals surface area contributed by atoms with E-state index >= 15 is 0 Å². The summed E-state index contributed by atoms with van der Waals surface area (Å²) in [4.78, 5) is 10.2. The first kappa shape index (κ1) is 11.4. The van der Waals surface area contributed by atoms with Crippen molar-refractivity contribution in [2.45, 2.75) is 32.2 Å². The minimum Gasteiger partial charge on any atom is -0.480 e. The molecule has 4 heteroatoms. The zero-order chi connectivity index (χ0) is 9.40. The van der Waals surface area contributed by atoms with Gasteiger partial charge in [-0.2, -0.15) is 0 Å². The lowest BCUT2D eigenvalue weighted by Gasteiger charge is -2.06. The Hall–Kier alpha value is -0.610. The van der Waals surface area contributed by atoms with Crippen molar-refractivity contribution >= 4 is 5.97 Å². The number of carbonyl (C=O) groups is 1. The third-order valence-corrected chi connectivity index (χ3v) is 1.51. The standard InChI is InChI=1S/C8H17NO3/c1-2-3-4-5-12-6-7(9)8(10)11/h7H,2-6,9H2,1H3,(H,10,11)/t7-/m0/s1. The summed E-state index contributed by atoms with van der Waals surface area (Å²) in [6.07, 6.45) is 3.22. The molecule has 0 unspecified atom stereocenters. The lowest BCUT2D eigenvalue weighted by atomic mass is 10.3. The van der Waals surface area contributed by atoms with Gasteiger partial charge >= 0.3 is 5.97 Å². The number of nitrogens with two attached hydrogens (primary N) is 1. The largest absolute Gasteiger partial charge is 0.480 e. The van der Waals surface area contributed by atoms with E-state index in [0.29, 0.717) is 6.61 Å². The third kappa shape index (κ3) is 6.12. The van der Waals surface area contributed by atoms with Crippen LogP contribution in [0.3, 0.4) is 0 Å². The van der Waals surface area contributed by atoms with Crippen molar-refractivity contribution in [3.8, 4) is 0 Å². The molecule has 3 N–H and O–H groups in total. The van der Waals surface area contributed by atoms with Crippen LogP contribution in [0, 0.1) is 0 Å². The number of rotatable bonds is 7. The number of hydrogen-bond acceptors (Lipinski definition) is 3. The number of carboxylic acid groups (broad SMARTS) is 1. The van der Waals surface area contributed by atoms with E-state index in [-0.39, 0.29) is 6.61 Å². The van der Waals surface area contributed by atoms with E-state index in [1.165, 1.54) is 0 Å². The average Bonchev–Trinajstić information content (AvgIpc) is 2.03. The number of unbranched alkanes of at least 4 members (excludes halogenated alkanes) is 2. The monoisotopic (exact) mass is 175 g/mol. The van der Waals surface area contributed by atoms with E-state index in [1.54, 1.807) is 0 Å². The molecular formula is C8H17NO3. The van der Waals surface area contributed by atoms with Gasteiger partial charge in [0.15, 0.2) is 0 Å². The summed E-state index contributed by atoms with van der Waals surface area (Å²) in [5, 5.41) is 8.38. The molecule has 0 saturated heterocycles. The maximum absolute atomic E-state index is 10.2. The second-order valence-corrected chi connectivity index (χ2v) is 2.73. The molecule has 0 aliphatic carbocycles. The Balaban J connectivity index is 3.14. The highest BCUT2D eigenvalue weighted by molar-refractivity contribution is 5.73. The van der Waals surface area contributed by atoms with E-state index in [9.17, 15) is 4.79 Å².